The van der Waals surface area contributed by atoms with E-state index in [9.17, 15) is 8.78 Å². The Balaban J connectivity index is 2.38. The highest BCUT2D eigenvalue weighted by Crippen LogP contribution is 2.25. The zero-order valence-electron chi connectivity index (χ0n) is 6.93. The smallest absolute Gasteiger partial charge is 0.131 e. The van der Waals surface area contributed by atoms with Crippen molar-refractivity contribution in [3.63, 3.8) is 0 Å². The van der Waals surface area contributed by atoms with Crippen LogP contribution in [0.25, 0.3) is 0 Å². The molecule has 1 heterocycles. The highest BCUT2D eigenvalue weighted by Gasteiger charge is 2.19. The minimum Gasteiger partial charge on any atom is -0.384 e. The number of hydrogen-bond acceptors (Lipinski definition) is 1. The maximum absolute atomic E-state index is 13.2. The van der Waals surface area contributed by atoms with E-state index in [1.54, 1.807) is 6.20 Å². The van der Waals surface area contributed by atoms with Crippen molar-refractivity contribution in [3.05, 3.63) is 47.7 Å². The van der Waals surface area contributed by atoms with E-state index in [0.29, 0.717) is 6.42 Å². The summed E-state index contributed by atoms with van der Waals surface area (Å²) in [6.45, 7) is 0. The molecule has 0 saturated heterocycles. The third kappa shape index (κ3) is 1.41. The maximum atomic E-state index is 13.2. The minimum absolute atomic E-state index is 0.132. The van der Waals surface area contributed by atoms with Crippen LogP contribution in [0.3, 0.4) is 0 Å². The third-order valence-corrected chi connectivity index (χ3v) is 2.14. The van der Waals surface area contributed by atoms with Crippen LogP contribution in [0.1, 0.15) is 18.0 Å². The number of rotatable bonds is 1. The van der Waals surface area contributed by atoms with Gasteiger partial charge in [0.05, 0.1) is 6.04 Å². The van der Waals surface area contributed by atoms with E-state index in [4.69, 9.17) is 0 Å². The number of hydrogen-bond donors (Lipinski definition) is 1. The first-order chi connectivity index (χ1) is 6.29. The lowest BCUT2D eigenvalue weighted by molar-refractivity contribution is 0.513. The molecule has 1 atom stereocenters. The Morgan fingerprint density at radius 2 is 1.92 bits per heavy atom. The fourth-order valence-electron chi connectivity index (χ4n) is 1.50. The van der Waals surface area contributed by atoms with E-state index in [2.05, 4.69) is 5.32 Å². The number of nitrogens with one attached hydrogen (secondary N) is 1. The van der Waals surface area contributed by atoms with Crippen LogP contribution in [0.15, 0.2) is 30.5 Å². The Labute approximate surface area is 75.1 Å². The normalized spacial score (nSPS) is 20.3. The van der Waals surface area contributed by atoms with Crippen molar-refractivity contribution in [2.24, 2.45) is 0 Å². The first kappa shape index (κ1) is 8.23. The van der Waals surface area contributed by atoms with Gasteiger partial charge in [-0.25, -0.2) is 8.78 Å². The van der Waals surface area contributed by atoms with Crippen molar-refractivity contribution in [1.82, 2.24) is 5.32 Å². The average molecular weight is 181 g/mol. The van der Waals surface area contributed by atoms with Crippen LogP contribution in [0, 0.1) is 11.6 Å². The van der Waals surface area contributed by atoms with Gasteiger partial charge in [0.15, 0.2) is 0 Å². The Hall–Kier alpha value is -1.38. The molecule has 68 valence electrons. The van der Waals surface area contributed by atoms with Crippen LogP contribution in [-0.2, 0) is 0 Å². The molecule has 1 aliphatic rings. The highest BCUT2D eigenvalue weighted by molar-refractivity contribution is 5.25. The van der Waals surface area contributed by atoms with E-state index in [-0.39, 0.29) is 11.6 Å². The molecular weight excluding hydrogens is 172 g/mol. The maximum Gasteiger partial charge on any atom is 0.131 e. The average Bonchev–Trinajstić information content (AvgIpc) is 2.57. The van der Waals surface area contributed by atoms with Crippen molar-refractivity contribution in [3.8, 4) is 0 Å². The SMILES string of the molecule is Fc1cccc(F)c1C1CC=CN1. The molecule has 1 aromatic rings. The predicted octanol–water partition coefficient (Wildman–Crippen LogP) is 2.51. The molecule has 0 amide bonds. The first-order valence-electron chi connectivity index (χ1n) is 4.14. The van der Waals surface area contributed by atoms with Gasteiger partial charge in [-0.2, -0.15) is 0 Å². The molecule has 3 heteroatoms. The lowest BCUT2D eigenvalue weighted by Crippen LogP contribution is -2.13. The van der Waals surface area contributed by atoms with Crippen LogP contribution in [0.2, 0.25) is 0 Å². The topological polar surface area (TPSA) is 12.0 Å². The molecule has 0 aliphatic carbocycles. The molecule has 0 aromatic heterocycles. The Kier molecular flexibility index (Phi) is 2.00. The van der Waals surface area contributed by atoms with Gasteiger partial charge in [-0.3, -0.25) is 0 Å². The molecule has 0 saturated carbocycles. The molecule has 0 spiro atoms. The Morgan fingerprint density at radius 3 is 2.46 bits per heavy atom. The molecular formula is C10H9F2N. The quantitative estimate of drug-likeness (QED) is 0.701. The molecule has 1 unspecified atom stereocenters. The molecule has 1 aliphatic heterocycles. The molecule has 1 aromatic carbocycles. The minimum atomic E-state index is -0.485. The summed E-state index contributed by atoms with van der Waals surface area (Å²) in [5.74, 6) is -0.970. The van der Waals surface area contributed by atoms with Crippen LogP contribution < -0.4 is 5.32 Å². The molecule has 0 fully saturated rings. The lowest BCUT2D eigenvalue weighted by atomic mass is 10.0. The standard InChI is InChI=1S/C10H9F2N/c11-7-3-1-4-8(12)10(7)9-5-2-6-13-9/h1-4,6,9,13H,5H2. The van der Waals surface area contributed by atoms with Crippen LogP contribution >= 0.6 is 0 Å². The van der Waals surface area contributed by atoms with E-state index < -0.39 is 11.6 Å². The monoisotopic (exact) mass is 181 g/mol. The second kappa shape index (κ2) is 3.17. The van der Waals surface area contributed by atoms with Crippen molar-refractivity contribution in [2.45, 2.75) is 12.5 Å². The van der Waals surface area contributed by atoms with Crippen LogP contribution in [0.4, 0.5) is 8.78 Å². The van der Waals surface area contributed by atoms with Gasteiger partial charge in [0.2, 0.25) is 0 Å². The van der Waals surface area contributed by atoms with Gasteiger partial charge in [0.25, 0.3) is 0 Å². The first-order valence-corrected chi connectivity index (χ1v) is 4.14. The fraction of sp³-hybridized carbons (Fsp3) is 0.200. The van der Waals surface area contributed by atoms with Crippen LogP contribution in [-0.4, -0.2) is 0 Å². The van der Waals surface area contributed by atoms with Gasteiger partial charge >= 0.3 is 0 Å². The summed E-state index contributed by atoms with van der Waals surface area (Å²) in [7, 11) is 0. The van der Waals surface area contributed by atoms with Crippen molar-refractivity contribution >= 4 is 0 Å². The van der Waals surface area contributed by atoms with Gasteiger partial charge in [0, 0.05) is 5.56 Å². The number of halogens is 2. The summed E-state index contributed by atoms with van der Waals surface area (Å²) in [5, 5.41) is 2.89. The van der Waals surface area contributed by atoms with E-state index in [1.807, 2.05) is 6.08 Å². The molecule has 1 N–H and O–H groups in total. The molecule has 0 radical (unpaired) electrons. The number of benzene rings is 1. The van der Waals surface area contributed by atoms with Crippen molar-refractivity contribution in [1.29, 1.82) is 0 Å². The zero-order valence-corrected chi connectivity index (χ0v) is 6.93. The highest BCUT2D eigenvalue weighted by atomic mass is 19.1. The summed E-state index contributed by atoms with van der Waals surface area (Å²) in [4.78, 5) is 0. The second-order valence-corrected chi connectivity index (χ2v) is 2.99. The summed E-state index contributed by atoms with van der Waals surface area (Å²) in [6.07, 6.45) is 4.21. The van der Waals surface area contributed by atoms with Crippen molar-refractivity contribution in [2.75, 3.05) is 0 Å². The van der Waals surface area contributed by atoms with E-state index in [0.717, 1.165) is 0 Å². The fourth-order valence-corrected chi connectivity index (χ4v) is 1.50. The summed E-state index contributed by atoms with van der Waals surface area (Å²) in [6, 6.07) is 3.68. The van der Waals surface area contributed by atoms with Gasteiger partial charge in [-0.15, -0.1) is 0 Å². The van der Waals surface area contributed by atoms with Gasteiger partial charge in [0.1, 0.15) is 11.6 Å². The van der Waals surface area contributed by atoms with E-state index in [1.165, 1.54) is 18.2 Å². The lowest BCUT2D eigenvalue weighted by Gasteiger charge is -2.12. The summed E-state index contributed by atoms with van der Waals surface area (Å²) >= 11 is 0. The summed E-state index contributed by atoms with van der Waals surface area (Å²) in [5.41, 5.74) is 0.132. The largest absolute Gasteiger partial charge is 0.384 e. The van der Waals surface area contributed by atoms with Gasteiger partial charge in [-0.1, -0.05) is 12.1 Å². The summed E-state index contributed by atoms with van der Waals surface area (Å²) < 4.78 is 26.4. The molecule has 13 heavy (non-hydrogen) atoms. The van der Waals surface area contributed by atoms with Gasteiger partial charge in [-0.05, 0) is 24.8 Å². The predicted molar refractivity (Wildman–Crippen MR) is 46.0 cm³/mol. The second-order valence-electron chi connectivity index (χ2n) is 2.99. The van der Waals surface area contributed by atoms with E-state index >= 15 is 0 Å². The van der Waals surface area contributed by atoms with Crippen molar-refractivity contribution < 1.29 is 8.78 Å². The third-order valence-electron chi connectivity index (χ3n) is 2.14. The zero-order chi connectivity index (χ0) is 9.26. The Morgan fingerprint density at radius 1 is 1.23 bits per heavy atom. The van der Waals surface area contributed by atoms with Gasteiger partial charge < -0.3 is 5.32 Å². The Bertz CT molecular complexity index is 319. The molecule has 1 nitrogen and oxygen atoms in total. The van der Waals surface area contributed by atoms with Crippen LogP contribution in [0.5, 0.6) is 0 Å². The molecule has 0 bridgehead atoms. The molecule has 2 rings (SSSR count).